The van der Waals surface area contributed by atoms with Crippen molar-refractivity contribution in [1.29, 1.82) is 0 Å². The zero-order chi connectivity index (χ0) is 9.40. The van der Waals surface area contributed by atoms with Gasteiger partial charge in [-0.2, -0.15) is 0 Å². The average molecular weight is 185 g/mol. The molecule has 0 heterocycles. The van der Waals surface area contributed by atoms with Gasteiger partial charge in [-0.05, 0) is 11.6 Å². The van der Waals surface area contributed by atoms with Crippen LogP contribution in [-0.2, 0) is 11.2 Å². The molecular weight excluding hydrogens is 172 g/mol. The van der Waals surface area contributed by atoms with Crippen LogP contribution in [0.15, 0.2) is 24.3 Å². The van der Waals surface area contributed by atoms with Crippen molar-refractivity contribution in [3.05, 3.63) is 34.9 Å². The fourth-order valence-electron chi connectivity index (χ4n) is 0.754. The van der Waals surface area contributed by atoms with Crippen molar-refractivity contribution in [2.45, 2.75) is 20.3 Å². The quantitative estimate of drug-likeness (QED) is 0.646. The Hall–Kier alpha value is -0.820. The van der Waals surface area contributed by atoms with E-state index < -0.39 is 0 Å². The lowest BCUT2D eigenvalue weighted by Gasteiger charge is -1.95. The lowest BCUT2D eigenvalue weighted by molar-refractivity contribution is -0.107. The predicted molar refractivity (Wildman–Crippen MR) is 52.6 cm³/mol. The molecule has 0 atom stereocenters. The highest BCUT2D eigenvalue weighted by molar-refractivity contribution is 6.31. The van der Waals surface area contributed by atoms with E-state index in [1.54, 1.807) is 6.07 Å². The first kappa shape index (κ1) is 11.2. The molecular formula is C10H13ClO. The van der Waals surface area contributed by atoms with E-state index in [0.29, 0.717) is 11.4 Å². The number of rotatable bonds is 2. The molecule has 0 saturated carbocycles. The number of benzene rings is 1. The highest BCUT2D eigenvalue weighted by atomic mass is 35.5. The van der Waals surface area contributed by atoms with Gasteiger partial charge in [0.05, 0.1) is 0 Å². The van der Waals surface area contributed by atoms with Crippen LogP contribution in [0.3, 0.4) is 0 Å². The minimum Gasteiger partial charge on any atom is -0.303 e. The minimum atomic E-state index is 0.402. The van der Waals surface area contributed by atoms with Gasteiger partial charge in [-0.1, -0.05) is 43.6 Å². The zero-order valence-corrected chi connectivity index (χ0v) is 8.14. The fourth-order valence-corrected chi connectivity index (χ4v) is 0.967. The summed E-state index contributed by atoms with van der Waals surface area (Å²) in [5.74, 6) is 0. The second-order valence-corrected chi connectivity index (χ2v) is 2.37. The van der Waals surface area contributed by atoms with Gasteiger partial charge in [-0.25, -0.2) is 0 Å². The number of hydrogen-bond acceptors (Lipinski definition) is 1. The van der Waals surface area contributed by atoms with Gasteiger partial charge in [0.1, 0.15) is 6.29 Å². The normalized spacial score (nSPS) is 8.25. The molecule has 0 spiro atoms. The van der Waals surface area contributed by atoms with E-state index in [2.05, 4.69) is 0 Å². The second kappa shape index (κ2) is 6.86. The van der Waals surface area contributed by atoms with Crippen LogP contribution in [0.2, 0.25) is 5.02 Å². The third-order valence-electron chi connectivity index (χ3n) is 1.26. The summed E-state index contributed by atoms with van der Waals surface area (Å²) in [6.07, 6.45) is 1.25. The van der Waals surface area contributed by atoms with Crippen LogP contribution in [0.5, 0.6) is 0 Å². The largest absolute Gasteiger partial charge is 0.303 e. The number of hydrogen-bond donors (Lipinski definition) is 0. The van der Waals surface area contributed by atoms with Crippen molar-refractivity contribution in [2.75, 3.05) is 0 Å². The van der Waals surface area contributed by atoms with Crippen molar-refractivity contribution >= 4 is 17.9 Å². The van der Waals surface area contributed by atoms with Crippen LogP contribution in [0.1, 0.15) is 19.4 Å². The van der Waals surface area contributed by atoms with E-state index in [1.807, 2.05) is 32.0 Å². The first-order valence-electron chi connectivity index (χ1n) is 4.01. The smallest absolute Gasteiger partial charge is 0.124 e. The van der Waals surface area contributed by atoms with Crippen LogP contribution in [0.25, 0.3) is 0 Å². The summed E-state index contributed by atoms with van der Waals surface area (Å²) in [4.78, 5) is 10.1. The number of halogens is 1. The average Bonchev–Trinajstić information content (AvgIpc) is 2.13. The Morgan fingerprint density at radius 1 is 1.33 bits per heavy atom. The van der Waals surface area contributed by atoms with E-state index in [1.165, 1.54) is 0 Å². The van der Waals surface area contributed by atoms with Gasteiger partial charge in [0.15, 0.2) is 0 Å². The van der Waals surface area contributed by atoms with Gasteiger partial charge in [-0.3, -0.25) is 0 Å². The van der Waals surface area contributed by atoms with Crippen LogP contribution >= 0.6 is 11.6 Å². The minimum absolute atomic E-state index is 0.402. The van der Waals surface area contributed by atoms with Crippen LogP contribution < -0.4 is 0 Å². The lowest BCUT2D eigenvalue weighted by Crippen LogP contribution is -1.85. The maximum absolute atomic E-state index is 10.1. The Morgan fingerprint density at radius 2 is 1.92 bits per heavy atom. The molecule has 1 nitrogen and oxygen atoms in total. The number of carbonyl (C=O) groups excluding carboxylic acids is 1. The lowest BCUT2D eigenvalue weighted by atomic mass is 10.2. The fraction of sp³-hybridized carbons (Fsp3) is 0.300. The van der Waals surface area contributed by atoms with E-state index in [4.69, 9.17) is 11.6 Å². The number of carbonyl (C=O) groups is 1. The molecule has 0 saturated heterocycles. The van der Waals surface area contributed by atoms with Crippen molar-refractivity contribution in [3.63, 3.8) is 0 Å². The zero-order valence-electron chi connectivity index (χ0n) is 7.38. The molecule has 0 bridgehead atoms. The Labute approximate surface area is 78.4 Å². The Kier molecular flexibility index (Phi) is 6.39. The molecule has 0 fully saturated rings. The summed E-state index contributed by atoms with van der Waals surface area (Å²) in [6, 6.07) is 7.33. The Bertz CT molecular complexity index is 233. The third kappa shape index (κ3) is 3.54. The molecule has 0 aliphatic carbocycles. The molecule has 66 valence electrons. The topological polar surface area (TPSA) is 17.1 Å². The molecule has 1 aromatic rings. The third-order valence-corrected chi connectivity index (χ3v) is 1.63. The summed E-state index contributed by atoms with van der Waals surface area (Å²) in [5, 5.41) is 0.662. The summed E-state index contributed by atoms with van der Waals surface area (Å²) in [7, 11) is 0. The van der Waals surface area contributed by atoms with Crippen molar-refractivity contribution in [3.8, 4) is 0 Å². The highest BCUT2D eigenvalue weighted by Crippen LogP contribution is 2.13. The van der Waals surface area contributed by atoms with Crippen molar-refractivity contribution < 1.29 is 4.79 Å². The predicted octanol–water partition coefficient (Wildman–Crippen LogP) is 3.11. The van der Waals surface area contributed by atoms with Gasteiger partial charge < -0.3 is 4.79 Å². The summed E-state index contributed by atoms with van der Waals surface area (Å²) in [5.41, 5.74) is 0.888. The first-order valence-corrected chi connectivity index (χ1v) is 4.39. The van der Waals surface area contributed by atoms with Crippen LogP contribution in [-0.4, -0.2) is 6.29 Å². The maximum atomic E-state index is 10.1. The molecule has 0 aliphatic rings. The maximum Gasteiger partial charge on any atom is 0.124 e. The van der Waals surface area contributed by atoms with Gasteiger partial charge in [-0.15, -0.1) is 0 Å². The molecule has 0 amide bonds. The van der Waals surface area contributed by atoms with E-state index in [9.17, 15) is 4.79 Å². The molecule has 1 rings (SSSR count). The monoisotopic (exact) mass is 184 g/mol. The highest BCUT2D eigenvalue weighted by Gasteiger charge is 1.94. The second-order valence-electron chi connectivity index (χ2n) is 1.96. The molecule has 0 aliphatic heterocycles. The molecule has 0 aromatic heterocycles. The molecule has 2 heteroatoms. The molecule has 0 unspecified atom stereocenters. The Balaban J connectivity index is 0.000000561. The summed E-state index contributed by atoms with van der Waals surface area (Å²) in [6.45, 7) is 4.00. The summed E-state index contributed by atoms with van der Waals surface area (Å²) >= 11 is 5.74. The molecule has 0 N–H and O–H groups in total. The van der Waals surface area contributed by atoms with E-state index in [0.717, 1.165) is 11.8 Å². The SMILES string of the molecule is CC.O=CCc1ccccc1Cl. The molecule has 0 radical (unpaired) electrons. The number of aldehydes is 1. The standard InChI is InChI=1S/C8H7ClO.C2H6/c9-8-4-2-1-3-7(8)5-6-10;1-2/h1-4,6H,5H2;1-2H3. The first-order chi connectivity index (χ1) is 5.84. The Morgan fingerprint density at radius 3 is 2.42 bits per heavy atom. The van der Waals surface area contributed by atoms with Gasteiger partial charge in [0.2, 0.25) is 0 Å². The van der Waals surface area contributed by atoms with E-state index in [-0.39, 0.29) is 0 Å². The van der Waals surface area contributed by atoms with E-state index >= 15 is 0 Å². The summed E-state index contributed by atoms with van der Waals surface area (Å²) < 4.78 is 0. The van der Waals surface area contributed by atoms with Crippen LogP contribution in [0.4, 0.5) is 0 Å². The molecule has 12 heavy (non-hydrogen) atoms. The van der Waals surface area contributed by atoms with Gasteiger partial charge in [0.25, 0.3) is 0 Å². The van der Waals surface area contributed by atoms with Gasteiger partial charge in [0, 0.05) is 11.4 Å². The van der Waals surface area contributed by atoms with Crippen LogP contribution in [0, 0.1) is 0 Å². The van der Waals surface area contributed by atoms with Gasteiger partial charge >= 0.3 is 0 Å². The van der Waals surface area contributed by atoms with Crippen molar-refractivity contribution in [2.24, 2.45) is 0 Å². The van der Waals surface area contributed by atoms with Crippen molar-refractivity contribution in [1.82, 2.24) is 0 Å². The molecule has 1 aromatic carbocycles.